The van der Waals surface area contributed by atoms with Crippen molar-refractivity contribution in [2.24, 2.45) is 17.4 Å². The molecule has 0 saturated carbocycles. The molecule has 0 rings (SSSR count). The summed E-state index contributed by atoms with van der Waals surface area (Å²) in [4.78, 5) is 18.6. The third-order valence-corrected chi connectivity index (χ3v) is 1.00. The number of carboxylic acid groups (broad SMARTS) is 1. The number of primary amides is 1. The van der Waals surface area contributed by atoms with Crippen molar-refractivity contribution in [3.05, 3.63) is 0 Å². The topological polar surface area (TPSA) is 106 Å². The molecule has 1 amide bonds. The third-order valence-electron chi connectivity index (χ3n) is 1.00. The van der Waals surface area contributed by atoms with Gasteiger partial charge < -0.3 is 16.6 Å². The first-order valence-corrected chi connectivity index (χ1v) is 3.11. The highest BCUT2D eigenvalue weighted by molar-refractivity contribution is 5.73. The summed E-state index contributed by atoms with van der Waals surface area (Å²) in [5, 5.41) is 8.23. The minimum atomic E-state index is -0.931. The van der Waals surface area contributed by atoms with Crippen LogP contribution in [0.25, 0.3) is 0 Å². The van der Waals surface area contributed by atoms with Crippen molar-refractivity contribution < 1.29 is 14.7 Å². The number of rotatable bonds is 2. The molecular weight excluding hydrogens is 148 g/mol. The second-order valence-corrected chi connectivity index (χ2v) is 2.24. The Morgan fingerprint density at radius 3 is 1.82 bits per heavy atom. The van der Waals surface area contributed by atoms with Gasteiger partial charge >= 0.3 is 5.97 Å². The first kappa shape index (κ1) is 12.6. The summed E-state index contributed by atoms with van der Waals surface area (Å²) in [7, 11) is 0. The third kappa shape index (κ3) is 8.90. The zero-order valence-electron chi connectivity index (χ0n) is 6.65. The van der Waals surface area contributed by atoms with Gasteiger partial charge in [-0.25, -0.2) is 0 Å². The van der Waals surface area contributed by atoms with Gasteiger partial charge in [-0.15, -0.1) is 0 Å². The number of carbonyl (C=O) groups excluding carboxylic acids is 1. The van der Waals surface area contributed by atoms with Gasteiger partial charge in [-0.05, 0) is 5.92 Å². The quantitative estimate of drug-likeness (QED) is 0.460. The second kappa shape index (κ2) is 7.01. The lowest BCUT2D eigenvalue weighted by atomic mass is 10.1. The first-order valence-electron chi connectivity index (χ1n) is 3.11. The van der Waals surface area contributed by atoms with Crippen LogP contribution >= 0.6 is 0 Å². The monoisotopic (exact) mass is 162 g/mol. The van der Waals surface area contributed by atoms with Crippen LogP contribution in [0.3, 0.4) is 0 Å². The van der Waals surface area contributed by atoms with Crippen molar-refractivity contribution in [1.82, 2.24) is 0 Å². The molecule has 0 aromatic carbocycles. The molecule has 66 valence electrons. The van der Waals surface area contributed by atoms with Gasteiger partial charge in [0.25, 0.3) is 0 Å². The zero-order valence-corrected chi connectivity index (χ0v) is 6.65. The van der Waals surface area contributed by atoms with Crippen LogP contribution in [0.5, 0.6) is 0 Å². The lowest BCUT2D eigenvalue weighted by Gasteiger charge is -2.07. The van der Waals surface area contributed by atoms with Crippen LogP contribution in [0.15, 0.2) is 0 Å². The Labute approximate surface area is 65.4 Å². The number of hydrogen-bond acceptors (Lipinski definition) is 3. The highest BCUT2D eigenvalue weighted by atomic mass is 16.4. The maximum absolute atomic E-state index is 10.0. The summed E-state index contributed by atoms with van der Waals surface area (Å²) >= 11 is 0. The molecule has 0 aliphatic carbocycles. The van der Waals surface area contributed by atoms with Crippen LogP contribution in [-0.2, 0) is 9.59 Å². The Hall–Kier alpha value is -1.10. The molecular formula is C6H14N2O3. The van der Waals surface area contributed by atoms with E-state index in [9.17, 15) is 4.79 Å². The van der Waals surface area contributed by atoms with Crippen molar-refractivity contribution in [1.29, 1.82) is 0 Å². The Balaban J connectivity index is 0. The molecule has 0 fully saturated rings. The van der Waals surface area contributed by atoms with Crippen molar-refractivity contribution in [3.63, 3.8) is 0 Å². The van der Waals surface area contributed by atoms with Gasteiger partial charge in [0.15, 0.2) is 0 Å². The smallest absolute Gasteiger partial charge is 0.320 e. The number of carbonyl (C=O) groups is 2. The van der Waals surface area contributed by atoms with Crippen molar-refractivity contribution in [3.8, 4) is 0 Å². The van der Waals surface area contributed by atoms with Gasteiger partial charge in [-0.1, -0.05) is 13.8 Å². The van der Waals surface area contributed by atoms with Crippen LogP contribution in [0, 0.1) is 5.92 Å². The maximum atomic E-state index is 10.0. The van der Waals surface area contributed by atoms with E-state index >= 15 is 0 Å². The predicted molar refractivity (Wildman–Crippen MR) is 40.7 cm³/mol. The molecule has 0 radical (unpaired) electrons. The number of carboxylic acids is 1. The lowest BCUT2D eigenvalue weighted by molar-refractivity contribution is -0.139. The summed E-state index contributed by atoms with van der Waals surface area (Å²) in [6.07, 6.45) is 0.250. The highest BCUT2D eigenvalue weighted by Gasteiger charge is 2.14. The Kier molecular flexibility index (Phi) is 8.01. The lowest BCUT2D eigenvalue weighted by Crippen LogP contribution is -2.34. The standard InChI is InChI=1S/C5H11NO2.CH3NO/c1-3(2)4(6)5(7)8;2-1-3/h3-4H,6H2,1-2H3,(H,7,8);1H,(H2,2,3)/t4-;/m0./s1. The second-order valence-electron chi connectivity index (χ2n) is 2.24. The zero-order chi connectivity index (χ0) is 9.44. The van der Waals surface area contributed by atoms with E-state index in [1.165, 1.54) is 0 Å². The van der Waals surface area contributed by atoms with Gasteiger partial charge in [0.2, 0.25) is 6.41 Å². The van der Waals surface area contributed by atoms with E-state index < -0.39 is 12.0 Å². The molecule has 0 unspecified atom stereocenters. The Morgan fingerprint density at radius 2 is 1.82 bits per heavy atom. The Bertz CT molecular complexity index is 125. The molecule has 0 aromatic heterocycles. The molecule has 0 heterocycles. The first-order chi connectivity index (χ1) is 4.97. The number of nitrogens with two attached hydrogens (primary N) is 2. The molecule has 5 nitrogen and oxygen atoms in total. The van der Waals surface area contributed by atoms with Crippen molar-refractivity contribution >= 4 is 12.4 Å². The molecule has 11 heavy (non-hydrogen) atoms. The van der Waals surface area contributed by atoms with Crippen molar-refractivity contribution in [2.45, 2.75) is 19.9 Å². The molecule has 0 aliphatic rings. The predicted octanol–water partition coefficient (Wildman–Crippen LogP) is -0.844. The fraction of sp³-hybridized carbons (Fsp3) is 0.667. The van der Waals surface area contributed by atoms with Crippen LogP contribution < -0.4 is 11.5 Å². The van der Waals surface area contributed by atoms with Crippen LogP contribution in [-0.4, -0.2) is 23.5 Å². The molecule has 5 N–H and O–H groups in total. The van der Waals surface area contributed by atoms with Gasteiger partial charge in [0, 0.05) is 0 Å². The maximum Gasteiger partial charge on any atom is 0.320 e. The minimum Gasteiger partial charge on any atom is -0.480 e. The van der Waals surface area contributed by atoms with E-state index in [0.29, 0.717) is 0 Å². The van der Waals surface area contributed by atoms with Gasteiger partial charge in [0.1, 0.15) is 6.04 Å². The minimum absolute atomic E-state index is 0.0208. The van der Waals surface area contributed by atoms with Gasteiger partial charge in [-0.3, -0.25) is 9.59 Å². The number of aliphatic carboxylic acids is 1. The van der Waals surface area contributed by atoms with Gasteiger partial charge in [-0.2, -0.15) is 0 Å². The largest absolute Gasteiger partial charge is 0.480 e. The van der Waals surface area contributed by atoms with E-state index in [1.54, 1.807) is 13.8 Å². The molecule has 0 saturated heterocycles. The molecule has 0 aromatic rings. The Morgan fingerprint density at radius 1 is 1.55 bits per heavy atom. The number of amides is 1. The molecule has 0 aliphatic heterocycles. The summed E-state index contributed by atoms with van der Waals surface area (Å²) in [5.74, 6) is -0.910. The van der Waals surface area contributed by atoms with E-state index in [1.807, 2.05) is 0 Å². The SMILES string of the molecule is CC(C)[C@H](N)C(=O)O.NC=O. The summed E-state index contributed by atoms with van der Waals surface area (Å²) in [6, 6.07) is -0.713. The molecule has 1 atom stereocenters. The molecule has 5 heteroatoms. The number of hydrogen-bond donors (Lipinski definition) is 3. The average Bonchev–Trinajstić information content (AvgIpc) is 1.87. The highest BCUT2D eigenvalue weighted by Crippen LogP contribution is 1.96. The van der Waals surface area contributed by atoms with Crippen LogP contribution in [0.4, 0.5) is 0 Å². The van der Waals surface area contributed by atoms with E-state index in [4.69, 9.17) is 15.6 Å². The van der Waals surface area contributed by atoms with E-state index in [-0.39, 0.29) is 12.3 Å². The fourth-order valence-corrected chi connectivity index (χ4v) is 0.285. The average molecular weight is 162 g/mol. The van der Waals surface area contributed by atoms with Crippen molar-refractivity contribution in [2.75, 3.05) is 0 Å². The van der Waals surface area contributed by atoms with E-state index in [0.717, 1.165) is 0 Å². The summed E-state index contributed by atoms with van der Waals surface area (Å²) in [6.45, 7) is 3.55. The normalized spacial score (nSPS) is 11.3. The van der Waals surface area contributed by atoms with Crippen LogP contribution in [0.2, 0.25) is 0 Å². The van der Waals surface area contributed by atoms with E-state index in [2.05, 4.69) is 5.73 Å². The molecule has 0 spiro atoms. The molecule has 0 bridgehead atoms. The van der Waals surface area contributed by atoms with Gasteiger partial charge in [0.05, 0.1) is 0 Å². The fourth-order valence-electron chi connectivity index (χ4n) is 0.285. The van der Waals surface area contributed by atoms with Crippen LogP contribution in [0.1, 0.15) is 13.8 Å². The summed E-state index contributed by atoms with van der Waals surface area (Å²) in [5.41, 5.74) is 9.33. The summed E-state index contributed by atoms with van der Waals surface area (Å²) < 4.78 is 0.